The van der Waals surface area contributed by atoms with Gasteiger partial charge in [-0.05, 0) is 160 Å². The van der Waals surface area contributed by atoms with Crippen LogP contribution in [0.2, 0.25) is 0 Å². The van der Waals surface area contributed by atoms with Gasteiger partial charge in [0.1, 0.15) is 0 Å². The highest BCUT2D eigenvalue weighted by atomic mass is 127. The van der Waals surface area contributed by atoms with E-state index in [4.69, 9.17) is 0 Å². The van der Waals surface area contributed by atoms with Crippen molar-refractivity contribution in [1.82, 2.24) is 0 Å². The van der Waals surface area contributed by atoms with Gasteiger partial charge in [0.15, 0.2) is 0 Å². The molecule has 0 aromatic carbocycles. The molecule has 0 saturated heterocycles. The molecule has 0 bridgehead atoms. The Morgan fingerprint density at radius 3 is 1.80 bits per heavy atom. The second kappa shape index (κ2) is 21.8. The molecule has 2 heteroatoms. The SMILES string of the molecule is CCCCC1CCC(C[C@H](O)CCCC(CCC2CCC(CC3CC(CC4(C5CCC(I)CC5)CC4)C[C@@H](CCC(C)C)C3)CC2)C(C)C)CC1. The van der Waals surface area contributed by atoms with Gasteiger partial charge in [-0.25, -0.2) is 0 Å². The van der Waals surface area contributed by atoms with Crippen molar-refractivity contribution in [1.29, 1.82) is 0 Å². The molecule has 3 unspecified atom stereocenters. The molecule has 0 aliphatic heterocycles. The zero-order chi connectivity index (χ0) is 36.2. The summed E-state index contributed by atoms with van der Waals surface area (Å²) in [6.07, 6.45) is 43.6. The third kappa shape index (κ3) is 14.6. The summed E-state index contributed by atoms with van der Waals surface area (Å²) >= 11 is 2.74. The number of hydrogen-bond donors (Lipinski definition) is 1. The molecular formula is C49H89IO. The Kier molecular flexibility index (Phi) is 18.3. The van der Waals surface area contributed by atoms with E-state index >= 15 is 0 Å². The van der Waals surface area contributed by atoms with E-state index in [2.05, 4.69) is 57.2 Å². The van der Waals surface area contributed by atoms with Crippen LogP contribution in [0.15, 0.2) is 0 Å². The summed E-state index contributed by atoms with van der Waals surface area (Å²) in [5.74, 6) is 10.5. The van der Waals surface area contributed by atoms with Gasteiger partial charge in [-0.1, -0.05) is 160 Å². The quantitative estimate of drug-likeness (QED) is 0.0903. The van der Waals surface area contributed by atoms with Crippen LogP contribution in [0.1, 0.15) is 227 Å². The second-order valence-electron chi connectivity index (χ2n) is 21.3. The van der Waals surface area contributed by atoms with Gasteiger partial charge in [-0.3, -0.25) is 0 Å². The summed E-state index contributed by atoms with van der Waals surface area (Å²) in [5, 5.41) is 10.9. The first kappa shape index (κ1) is 42.8. The normalized spacial score (nSPS) is 35.6. The number of hydrogen-bond acceptors (Lipinski definition) is 1. The van der Waals surface area contributed by atoms with Crippen LogP contribution in [0.25, 0.3) is 0 Å². The van der Waals surface area contributed by atoms with Gasteiger partial charge in [0.25, 0.3) is 0 Å². The second-order valence-corrected chi connectivity index (χ2v) is 23.1. The van der Waals surface area contributed by atoms with Crippen molar-refractivity contribution in [3.05, 3.63) is 0 Å². The number of aliphatic hydroxyl groups excluding tert-OH is 1. The van der Waals surface area contributed by atoms with Crippen LogP contribution in [0, 0.1) is 70.5 Å². The smallest absolute Gasteiger partial charge is 0.0542 e. The highest BCUT2D eigenvalue weighted by Crippen LogP contribution is 2.62. The molecule has 5 fully saturated rings. The minimum absolute atomic E-state index is 0.0504. The van der Waals surface area contributed by atoms with Gasteiger partial charge in [0.05, 0.1) is 6.10 Å². The monoisotopic (exact) mass is 821 g/mol. The van der Waals surface area contributed by atoms with E-state index < -0.39 is 0 Å². The van der Waals surface area contributed by atoms with E-state index in [1.807, 2.05) is 0 Å². The van der Waals surface area contributed by atoms with Crippen LogP contribution < -0.4 is 0 Å². The standard InChI is InChI=1S/C49H89IO/c1-6-7-9-38-14-20-41(21-15-38)34-48(51)11-8-10-45(37(4)5)23-22-39-16-18-40(19-17-39)30-43-31-42(13-12-36(2)3)32-44(33-43)35-49(28-29-49)46-24-26-47(50)27-25-46/h36-48,51H,6-35H2,1-5H3/t38?,39?,40?,41?,42-,43?,44?,45?,46?,47?,48+/m0/s1. The lowest BCUT2D eigenvalue weighted by Gasteiger charge is -2.41. The number of alkyl halides is 1. The number of halogens is 1. The average Bonchev–Trinajstić information content (AvgIpc) is 3.89. The summed E-state index contributed by atoms with van der Waals surface area (Å²) < 4.78 is 0.963. The largest absolute Gasteiger partial charge is 0.393 e. The predicted molar refractivity (Wildman–Crippen MR) is 232 cm³/mol. The fourth-order valence-corrected chi connectivity index (χ4v) is 13.6. The van der Waals surface area contributed by atoms with Crippen LogP contribution in [-0.2, 0) is 0 Å². The molecule has 0 radical (unpaired) electrons. The van der Waals surface area contributed by atoms with E-state index in [1.165, 1.54) is 122 Å². The fourth-order valence-electron chi connectivity index (χ4n) is 12.9. The van der Waals surface area contributed by atoms with Crippen molar-refractivity contribution in [2.45, 2.75) is 237 Å². The van der Waals surface area contributed by atoms with Crippen LogP contribution in [0.4, 0.5) is 0 Å². The molecule has 0 aromatic rings. The molecule has 0 aromatic heterocycles. The van der Waals surface area contributed by atoms with Crippen LogP contribution in [-0.4, -0.2) is 15.1 Å². The predicted octanol–water partition coefficient (Wildman–Crippen LogP) is 15.8. The summed E-state index contributed by atoms with van der Waals surface area (Å²) in [6.45, 7) is 12.2. The van der Waals surface area contributed by atoms with E-state index in [0.29, 0.717) is 0 Å². The van der Waals surface area contributed by atoms with Gasteiger partial charge in [0, 0.05) is 3.92 Å². The summed E-state index contributed by atoms with van der Waals surface area (Å²) in [7, 11) is 0. The third-order valence-corrected chi connectivity index (χ3v) is 17.7. The van der Waals surface area contributed by atoms with E-state index in [9.17, 15) is 5.11 Å². The summed E-state index contributed by atoms with van der Waals surface area (Å²) in [5.41, 5.74) is 0.782. The van der Waals surface area contributed by atoms with Crippen molar-refractivity contribution in [3.8, 4) is 0 Å². The van der Waals surface area contributed by atoms with Gasteiger partial charge in [0.2, 0.25) is 0 Å². The van der Waals surface area contributed by atoms with Crippen molar-refractivity contribution < 1.29 is 5.11 Å². The number of aliphatic hydroxyl groups is 1. The first-order valence-corrected chi connectivity index (χ1v) is 25.2. The topological polar surface area (TPSA) is 20.2 Å². The Morgan fingerprint density at radius 2 is 1.18 bits per heavy atom. The molecule has 1 nitrogen and oxygen atoms in total. The number of rotatable bonds is 21. The maximum absolute atomic E-state index is 10.9. The molecule has 0 heterocycles. The zero-order valence-electron chi connectivity index (χ0n) is 35.0. The summed E-state index contributed by atoms with van der Waals surface area (Å²) in [4.78, 5) is 0. The molecule has 1 N–H and O–H groups in total. The van der Waals surface area contributed by atoms with Gasteiger partial charge < -0.3 is 5.11 Å². The van der Waals surface area contributed by atoms with Gasteiger partial charge in [-0.15, -0.1) is 0 Å². The van der Waals surface area contributed by atoms with E-state index in [0.717, 1.165) is 87.3 Å². The molecule has 5 saturated carbocycles. The summed E-state index contributed by atoms with van der Waals surface area (Å²) in [6, 6.07) is 0. The Morgan fingerprint density at radius 1 is 0.588 bits per heavy atom. The molecule has 0 spiro atoms. The molecule has 5 atom stereocenters. The fraction of sp³-hybridized carbons (Fsp3) is 1.00. The Balaban J connectivity index is 0.991. The molecular weight excluding hydrogens is 731 g/mol. The van der Waals surface area contributed by atoms with Crippen LogP contribution in [0.5, 0.6) is 0 Å². The van der Waals surface area contributed by atoms with Gasteiger partial charge >= 0.3 is 0 Å². The first-order valence-electron chi connectivity index (χ1n) is 23.9. The number of unbranched alkanes of at least 4 members (excludes halogenated alkanes) is 1. The maximum Gasteiger partial charge on any atom is 0.0542 e. The molecule has 298 valence electrons. The van der Waals surface area contributed by atoms with Crippen molar-refractivity contribution in [3.63, 3.8) is 0 Å². The lowest BCUT2D eigenvalue weighted by molar-refractivity contribution is 0.102. The van der Waals surface area contributed by atoms with Crippen molar-refractivity contribution in [2.75, 3.05) is 0 Å². The minimum atomic E-state index is -0.0504. The zero-order valence-corrected chi connectivity index (χ0v) is 37.2. The van der Waals surface area contributed by atoms with E-state index in [-0.39, 0.29) is 6.10 Å². The minimum Gasteiger partial charge on any atom is -0.393 e. The van der Waals surface area contributed by atoms with Crippen molar-refractivity contribution >= 4 is 22.6 Å². The molecule has 5 aliphatic carbocycles. The molecule has 0 amide bonds. The third-order valence-electron chi connectivity index (χ3n) is 16.4. The molecule has 5 rings (SSSR count). The highest BCUT2D eigenvalue weighted by Gasteiger charge is 2.51. The first-order chi connectivity index (χ1) is 24.6. The Bertz CT molecular complexity index is 914. The van der Waals surface area contributed by atoms with Gasteiger partial charge in [-0.2, -0.15) is 0 Å². The molecule has 5 aliphatic rings. The maximum atomic E-state index is 10.9. The molecule has 51 heavy (non-hydrogen) atoms. The van der Waals surface area contributed by atoms with E-state index in [1.54, 1.807) is 57.8 Å². The Hall–Kier alpha value is 0.690. The average molecular weight is 821 g/mol. The van der Waals surface area contributed by atoms with Crippen LogP contribution in [0.3, 0.4) is 0 Å². The lowest BCUT2D eigenvalue weighted by Crippen LogP contribution is -2.30. The highest BCUT2D eigenvalue weighted by molar-refractivity contribution is 14.1. The van der Waals surface area contributed by atoms with Crippen molar-refractivity contribution in [2.24, 2.45) is 70.5 Å². The lowest BCUT2D eigenvalue weighted by atomic mass is 9.64. The van der Waals surface area contributed by atoms with Crippen LogP contribution >= 0.6 is 22.6 Å². The Labute approximate surface area is 333 Å².